The van der Waals surface area contributed by atoms with Gasteiger partial charge in [-0.05, 0) is 26.8 Å². The van der Waals surface area contributed by atoms with Gasteiger partial charge in [0.1, 0.15) is 9.84 Å². The molecule has 0 heterocycles. The standard InChI is InChI=1S/C10H23NO3S/c1-5-11-10(8-14-9(2)3)6-7-15(4,12)13/h9-11H,5-8H2,1-4H3. The van der Waals surface area contributed by atoms with Crippen LogP contribution in [0.4, 0.5) is 0 Å². The summed E-state index contributed by atoms with van der Waals surface area (Å²) in [5.74, 6) is 0.214. The third kappa shape index (κ3) is 10.2. The van der Waals surface area contributed by atoms with E-state index in [4.69, 9.17) is 4.74 Å². The molecule has 0 aromatic heterocycles. The molecule has 0 saturated heterocycles. The van der Waals surface area contributed by atoms with Gasteiger partial charge in [0.2, 0.25) is 0 Å². The Hall–Kier alpha value is -0.130. The van der Waals surface area contributed by atoms with E-state index in [0.717, 1.165) is 6.54 Å². The first-order valence-electron chi connectivity index (χ1n) is 5.38. The van der Waals surface area contributed by atoms with E-state index in [0.29, 0.717) is 13.0 Å². The van der Waals surface area contributed by atoms with E-state index in [1.54, 1.807) is 0 Å². The molecule has 1 N–H and O–H groups in total. The van der Waals surface area contributed by atoms with Crippen molar-refractivity contribution < 1.29 is 13.2 Å². The van der Waals surface area contributed by atoms with Gasteiger partial charge in [0, 0.05) is 12.3 Å². The van der Waals surface area contributed by atoms with Crippen LogP contribution in [0.1, 0.15) is 27.2 Å². The van der Waals surface area contributed by atoms with Crippen LogP contribution in [0.5, 0.6) is 0 Å². The van der Waals surface area contributed by atoms with Crippen molar-refractivity contribution in [1.82, 2.24) is 5.32 Å². The fourth-order valence-corrected chi connectivity index (χ4v) is 1.91. The summed E-state index contributed by atoms with van der Waals surface area (Å²) in [4.78, 5) is 0. The highest BCUT2D eigenvalue weighted by Crippen LogP contribution is 1.99. The molecule has 0 aliphatic carbocycles. The number of hydrogen-bond donors (Lipinski definition) is 1. The lowest BCUT2D eigenvalue weighted by Gasteiger charge is -2.18. The Morgan fingerprint density at radius 3 is 2.33 bits per heavy atom. The molecule has 0 amide bonds. The second-order valence-corrected chi connectivity index (χ2v) is 6.31. The normalized spacial score (nSPS) is 14.5. The lowest BCUT2D eigenvalue weighted by molar-refractivity contribution is 0.0610. The Morgan fingerprint density at radius 2 is 1.93 bits per heavy atom. The summed E-state index contributed by atoms with van der Waals surface area (Å²) in [6.45, 7) is 7.35. The highest BCUT2D eigenvalue weighted by Gasteiger charge is 2.12. The lowest BCUT2D eigenvalue weighted by Crippen LogP contribution is -2.35. The summed E-state index contributed by atoms with van der Waals surface area (Å²) in [5.41, 5.74) is 0. The van der Waals surface area contributed by atoms with E-state index in [1.165, 1.54) is 6.26 Å². The summed E-state index contributed by atoms with van der Waals surface area (Å²) in [5, 5.41) is 3.22. The van der Waals surface area contributed by atoms with Gasteiger partial charge in [-0.2, -0.15) is 0 Å². The molecule has 0 aliphatic heterocycles. The average Bonchev–Trinajstić information content (AvgIpc) is 2.08. The number of sulfone groups is 1. The van der Waals surface area contributed by atoms with Gasteiger partial charge in [-0.3, -0.25) is 0 Å². The maximum atomic E-state index is 11.0. The molecule has 0 saturated carbocycles. The Labute approximate surface area is 93.3 Å². The summed E-state index contributed by atoms with van der Waals surface area (Å²) in [6.07, 6.45) is 2.06. The molecule has 1 unspecified atom stereocenters. The Kier molecular flexibility index (Phi) is 7.13. The highest BCUT2D eigenvalue weighted by atomic mass is 32.2. The molecule has 1 atom stereocenters. The molecule has 92 valence electrons. The Bertz CT molecular complexity index is 249. The van der Waals surface area contributed by atoms with Crippen LogP contribution in [-0.4, -0.2) is 45.7 Å². The highest BCUT2D eigenvalue weighted by molar-refractivity contribution is 7.90. The number of rotatable bonds is 8. The van der Waals surface area contributed by atoms with Gasteiger partial charge in [-0.25, -0.2) is 8.42 Å². The van der Waals surface area contributed by atoms with Crippen LogP contribution in [0.2, 0.25) is 0 Å². The minimum absolute atomic E-state index is 0.132. The van der Waals surface area contributed by atoms with Crippen LogP contribution in [0.3, 0.4) is 0 Å². The topological polar surface area (TPSA) is 55.4 Å². The molecule has 0 aromatic carbocycles. The molecule has 0 aromatic rings. The summed E-state index contributed by atoms with van der Waals surface area (Å²) < 4.78 is 27.5. The maximum absolute atomic E-state index is 11.0. The van der Waals surface area contributed by atoms with Crippen LogP contribution in [0.25, 0.3) is 0 Å². The summed E-state index contributed by atoms with van der Waals surface area (Å²) in [7, 11) is -2.87. The van der Waals surface area contributed by atoms with Crippen LogP contribution in [0, 0.1) is 0 Å². The first kappa shape index (κ1) is 14.9. The number of hydrogen-bond acceptors (Lipinski definition) is 4. The summed E-state index contributed by atoms with van der Waals surface area (Å²) >= 11 is 0. The maximum Gasteiger partial charge on any atom is 0.147 e. The molecule has 0 radical (unpaired) electrons. The quantitative estimate of drug-likeness (QED) is 0.679. The SMILES string of the molecule is CCNC(CCS(C)(=O)=O)COC(C)C. The zero-order valence-electron chi connectivity index (χ0n) is 10.1. The molecular formula is C10H23NO3S. The Balaban J connectivity index is 3.93. The van der Waals surface area contributed by atoms with E-state index < -0.39 is 9.84 Å². The monoisotopic (exact) mass is 237 g/mol. The molecule has 0 bridgehead atoms. The minimum atomic E-state index is -2.87. The van der Waals surface area contributed by atoms with Crippen molar-refractivity contribution in [2.75, 3.05) is 25.2 Å². The first-order valence-corrected chi connectivity index (χ1v) is 7.44. The van der Waals surface area contributed by atoms with Crippen molar-refractivity contribution in [3.8, 4) is 0 Å². The predicted molar refractivity (Wildman–Crippen MR) is 62.9 cm³/mol. The van der Waals surface area contributed by atoms with Gasteiger partial charge in [-0.15, -0.1) is 0 Å². The largest absolute Gasteiger partial charge is 0.377 e. The average molecular weight is 237 g/mol. The summed E-state index contributed by atoms with van der Waals surface area (Å²) in [6, 6.07) is 0.132. The number of ether oxygens (including phenoxy) is 1. The minimum Gasteiger partial charge on any atom is -0.377 e. The molecule has 15 heavy (non-hydrogen) atoms. The zero-order chi connectivity index (χ0) is 11.9. The molecule has 0 spiro atoms. The van der Waals surface area contributed by atoms with E-state index in [9.17, 15) is 8.42 Å². The zero-order valence-corrected chi connectivity index (χ0v) is 10.9. The van der Waals surface area contributed by atoms with Gasteiger partial charge in [0.25, 0.3) is 0 Å². The van der Waals surface area contributed by atoms with Gasteiger partial charge < -0.3 is 10.1 Å². The third-order valence-corrected chi connectivity index (χ3v) is 2.94. The smallest absolute Gasteiger partial charge is 0.147 e. The van der Waals surface area contributed by atoms with E-state index in [2.05, 4.69) is 5.32 Å². The molecule has 0 fully saturated rings. The van der Waals surface area contributed by atoms with Crippen molar-refractivity contribution in [3.63, 3.8) is 0 Å². The molecule has 0 rings (SSSR count). The van der Waals surface area contributed by atoms with Crippen LogP contribution in [-0.2, 0) is 14.6 Å². The molecular weight excluding hydrogens is 214 g/mol. The van der Waals surface area contributed by atoms with Gasteiger partial charge in [0.05, 0.1) is 18.5 Å². The third-order valence-electron chi connectivity index (χ3n) is 1.96. The van der Waals surface area contributed by atoms with Crippen molar-refractivity contribution in [2.45, 2.75) is 39.3 Å². The van der Waals surface area contributed by atoms with Crippen molar-refractivity contribution in [3.05, 3.63) is 0 Å². The van der Waals surface area contributed by atoms with Crippen LogP contribution >= 0.6 is 0 Å². The fraction of sp³-hybridized carbons (Fsp3) is 1.00. The second-order valence-electron chi connectivity index (χ2n) is 4.06. The van der Waals surface area contributed by atoms with E-state index in [1.807, 2.05) is 20.8 Å². The van der Waals surface area contributed by atoms with E-state index >= 15 is 0 Å². The molecule has 0 aliphatic rings. The van der Waals surface area contributed by atoms with Crippen LogP contribution in [0.15, 0.2) is 0 Å². The van der Waals surface area contributed by atoms with Crippen LogP contribution < -0.4 is 5.32 Å². The number of likely N-dealkylation sites (N-methyl/N-ethyl adjacent to an activating group) is 1. The van der Waals surface area contributed by atoms with Crippen molar-refractivity contribution in [2.24, 2.45) is 0 Å². The van der Waals surface area contributed by atoms with Gasteiger partial charge in [0.15, 0.2) is 0 Å². The second kappa shape index (κ2) is 7.19. The molecule has 4 nitrogen and oxygen atoms in total. The predicted octanol–water partition coefficient (Wildman–Crippen LogP) is 0.824. The molecule has 5 heteroatoms. The Morgan fingerprint density at radius 1 is 1.33 bits per heavy atom. The van der Waals surface area contributed by atoms with Crippen molar-refractivity contribution in [1.29, 1.82) is 0 Å². The fourth-order valence-electron chi connectivity index (χ4n) is 1.20. The van der Waals surface area contributed by atoms with Crippen molar-refractivity contribution >= 4 is 9.84 Å². The van der Waals surface area contributed by atoms with Gasteiger partial charge in [-0.1, -0.05) is 6.92 Å². The van der Waals surface area contributed by atoms with Gasteiger partial charge >= 0.3 is 0 Å². The lowest BCUT2D eigenvalue weighted by atomic mass is 10.2. The number of nitrogens with one attached hydrogen (secondary N) is 1. The first-order chi connectivity index (χ1) is 6.85. The van der Waals surface area contributed by atoms with E-state index in [-0.39, 0.29) is 17.9 Å².